The van der Waals surface area contributed by atoms with Gasteiger partial charge in [0.25, 0.3) is 0 Å². The molecule has 1 N–H and O–H groups in total. The quantitative estimate of drug-likeness (QED) is 0.879. The number of aromatic nitrogens is 1. The predicted molar refractivity (Wildman–Crippen MR) is 84.6 cm³/mol. The molecule has 1 aromatic carbocycles. The fourth-order valence-corrected chi connectivity index (χ4v) is 2.24. The average molecular weight is 303 g/mol. The monoisotopic (exact) mass is 302 g/mol. The van der Waals surface area contributed by atoms with Crippen molar-refractivity contribution in [2.24, 2.45) is 0 Å². The van der Waals surface area contributed by atoms with Crippen molar-refractivity contribution in [3.63, 3.8) is 0 Å². The van der Waals surface area contributed by atoms with Crippen LogP contribution in [0.3, 0.4) is 0 Å². The summed E-state index contributed by atoms with van der Waals surface area (Å²) in [6, 6.07) is 10.5. The summed E-state index contributed by atoms with van der Waals surface area (Å²) >= 11 is 5.98. The van der Waals surface area contributed by atoms with E-state index in [-0.39, 0.29) is 0 Å². The predicted octanol–water partition coefficient (Wildman–Crippen LogP) is 3.87. The van der Waals surface area contributed by atoms with Crippen LogP contribution in [0.2, 0.25) is 5.02 Å². The first-order chi connectivity index (χ1) is 10.2. The number of nitrogens with zero attached hydrogens (tertiary/aromatic N) is 1. The van der Waals surface area contributed by atoms with Gasteiger partial charge in [0, 0.05) is 23.8 Å². The maximum atomic E-state index is 5.98. The summed E-state index contributed by atoms with van der Waals surface area (Å²) in [4.78, 5) is 4.45. The lowest BCUT2D eigenvalue weighted by Gasteiger charge is -2.09. The lowest BCUT2D eigenvalue weighted by atomic mass is 10.2. The molecule has 0 spiro atoms. The normalized spacial score (nSPS) is 14.2. The molecule has 1 aliphatic carbocycles. The average Bonchev–Trinajstić information content (AvgIpc) is 3.31. The number of nitrogens with one attached hydrogen (secondary N) is 1. The van der Waals surface area contributed by atoms with Gasteiger partial charge in [-0.2, -0.15) is 0 Å². The van der Waals surface area contributed by atoms with E-state index in [1.54, 1.807) is 0 Å². The number of hydrogen-bond acceptors (Lipinski definition) is 3. The molecule has 1 saturated carbocycles. The third kappa shape index (κ3) is 4.19. The zero-order valence-electron chi connectivity index (χ0n) is 12.1. The maximum Gasteiger partial charge on any atom is 0.130 e. The van der Waals surface area contributed by atoms with Crippen LogP contribution < -0.4 is 10.1 Å². The number of hydrogen-bond donors (Lipinski definition) is 1. The number of rotatable bonds is 6. The lowest BCUT2D eigenvalue weighted by Crippen LogP contribution is -2.15. The van der Waals surface area contributed by atoms with Gasteiger partial charge in [-0.1, -0.05) is 23.7 Å². The number of pyridine rings is 1. The van der Waals surface area contributed by atoms with Crippen LogP contribution in [0, 0.1) is 6.92 Å². The molecule has 0 aliphatic heterocycles. The summed E-state index contributed by atoms with van der Waals surface area (Å²) in [5.41, 5.74) is 3.21. The van der Waals surface area contributed by atoms with Gasteiger partial charge in [-0.05, 0) is 49.1 Å². The zero-order valence-corrected chi connectivity index (χ0v) is 12.9. The van der Waals surface area contributed by atoms with Crippen molar-refractivity contribution >= 4 is 11.6 Å². The Balaban J connectivity index is 1.55. The standard InChI is InChI=1S/C17H19ClN2O/c1-12-2-4-14(18)8-17(12)21-11-16-5-3-13(10-20-16)9-19-15-6-7-15/h2-5,8,10,15,19H,6-7,9,11H2,1H3. The van der Waals surface area contributed by atoms with Crippen LogP contribution in [0.25, 0.3) is 0 Å². The molecule has 0 saturated heterocycles. The van der Waals surface area contributed by atoms with E-state index in [0.29, 0.717) is 11.6 Å². The third-order valence-corrected chi connectivity index (χ3v) is 3.82. The molecule has 0 amide bonds. The molecule has 110 valence electrons. The molecule has 1 aliphatic rings. The van der Waals surface area contributed by atoms with Crippen molar-refractivity contribution < 1.29 is 4.74 Å². The first-order valence-electron chi connectivity index (χ1n) is 7.27. The summed E-state index contributed by atoms with van der Waals surface area (Å²) in [5.74, 6) is 0.809. The van der Waals surface area contributed by atoms with Crippen LogP contribution in [0.4, 0.5) is 0 Å². The van der Waals surface area contributed by atoms with Crippen molar-refractivity contribution in [1.82, 2.24) is 10.3 Å². The molecule has 0 unspecified atom stereocenters. The summed E-state index contributed by atoms with van der Waals surface area (Å²) in [5, 5.41) is 4.16. The molecule has 2 aromatic rings. The molecule has 3 nitrogen and oxygen atoms in total. The molecule has 0 bridgehead atoms. The summed E-state index contributed by atoms with van der Waals surface area (Å²) in [6.07, 6.45) is 4.52. The minimum absolute atomic E-state index is 0.456. The Morgan fingerprint density at radius 1 is 1.29 bits per heavy atom. The van der Waals surface area contributed by atoms with E-state index in [0.717, 1.165) is 29.6 Å². The van der Waals surface area contributed by atoms with Crippen molar-refractivity contribution in [3.8, 4) is 5.75 Å². The highest BCUT2D eigenvalue weighted by molar-refractivity contribution is 6.30. The second kappa shape index (κ2) is 6.46. The van der Waals surface area contributed by atoms with Crippen LogP contribution in [0.5, 0.6) is 5.75 Å². The van der Waals surface area contributed by atoms with Crippen LogP contribution in [-0.4, -0.2) is 11.0 Å². The summed E-state index contributed by atoms with van der Waals surface area (Å²) < 4.78 is 5.79. The zero-order chi connectivity index (χ0) is 14.7. The van der Waals surface area contributed by atoms with E-state index in [9.17, 15) is 0 Å². The van der Waals surface area contributed by atoms with Gasteiger partial charge >= 0.3 is 0 Å². The van der Waals surface area contributed by atoms with Gasteiger partial charge in [-0.3, -0.25) is 4.98 Å². The first kappa shape index (κ1) is 14.4. The molecule has 0 atom stereocenters. The highest BCUT2D eigenvalue weighted by Gasteiger charge is 2.19. The number of halogens is 1. The van der Waals surface area contributed by atoms with E-state index < -0.39 is 0 Å². The smallest absolute Gasteiger partial charge is 0.130 e. The molecule has 3 rings (SSSR count). The van der Waals surface area contributed by atoms with Gasteiger partial charge in [0.2, 0.25) is 0 Å². The van der Waals surface area contributed by atoms with E-state index in [1.165, 1.54) is 18.4 Å². The minimum atomic E-state index is 0.456. The Kier molecular flexibility index (Phi) is 4.42. The van der Waals surface area contributed by atoms with Gasteiger partial charge in [0.1, 0.15) is 12.4 Å². The fraction of sp³-hybridized carbons (Fsp3) is 0.353. The highest BCUT2D eigenvalue weighted by atomic mass is 35.5. The van der Waals surface area contributed by atoms with Gasteiger partial charge in [-0.25, -0.2) is 0 Å². The van der Waals surface area contributed by atoms with Gasteiger partial charge < -0.3 is 10.1 Å². The van der Waals surface area contributed by atoms with E-state index in [1.807, 2.05) is 37.4 Å². The molecule has 1 heterocycles. The summed E-state index contributed by atoms with van der Waals surface area (Å²) in [7, 11) is 0. The van der Waals surface area contributed by atoms with Crippen LogP contribution in [0.1, 0.15) is 29.7 Å². The molecule has 0 radical (unpaired) electrons. The van der Waals surface area contributed by atoms with Gasteiger partial charge in [0.05, 0.1) is 5.69 Å². The SMILES string of the molecule is Cc1ccc(Cl)cc1OCc1ccc(CNC2CC2)cn1. The Labute approximate surface area is 130 Å². The van der Waals surface area contributed by atoms with Crippen LogP contribution >= 0.6 is 11.6 Å². The topological polar surface area (TPSA) is 34.1 Å². The van der Waals surface area contributed by atoms with Crippen molar-refractivity contribution in [2.45, 2.75) is 39.0 Å². The number of aryl methyl sites for hydroxylation is 1. The molecular weight excluding hydrogens is 284 g/mol. The second-order valence-corrected chi connectivity index (χ2v) is 5.95. The maximum absolute atomic E-state index is 5.98. The molecule has 21 heavy (non-hydrogen) atoms. The number of ether oxygens (including phenoxy) is 1. The third-order valence-electron chi connectivity index (χ3n) is 3.58. The second-order valence-electron chi connectivity index (χ2n) is 5.51. The molecule has 1 fully saturated rings. The number of benzene rings is 1. The Morgan fingerprint density at radius 3 is 2.86 bits per heavy atom. The fourth-order valence-electron chi connectivity index (χ4n) is 2.08. The van der Waals surface area contributed by atoms with Crippen molar-refractivity contribution in [3.05, 3.63) is 58.4 Å². The minimum Gasteiger partial charge on any atom is -0.487 e. The molecule has 4 heteroatoms. The Hall–Kier alpha value is -1.58. The largest absolute Gasteiger partial charge is 0.487 e. The summed E-state index contributed by atoms with van der Waals surface area (Å²) in [6.45, 7) is 3.36. The van der Waals surface area contributed by atoms with Crippen LogP contribution in [0.15, 0.2) is 36.5 Å². The molecule has 1 aromatic heterocycles. The van der Waals surface area contributed by atoms with Gasteiger partial charge in [0.15, 0.2) is 0 Å². The Morgan fingerprint density at radius 2 is 2.14 bits per heavy atom. The van der Waals surface area contributed by atoms with Crippen molar-refractivity contribution in [2.75, 3.05) is 0 Å². The van der Waals surface area contributed by atoms with E-state index in [2.05, 4.69) is 16.4 Å². The highest BCUT2D eigenvalue weighted by Crippen LogP contribution is 2.23. The van der Waals surface area contributed by atoms with Crippen LogP contribution in [-0.2, 0) is 13.2 Å². The Bertz CT molecular complexity index is 609. The van der Waals surface area contributed by atoms with Gasteiger partial charge in [-0.15, -0.1) is 0 Å². The lowest BCUT2D eigenvalue weighted by molar-refractivity contribution is 0.299. The van der Waals surface area contributed by atoms with Crippen molar-refractivity contribution in [1.29, 1.82) is 0 Å². The van der Waals surface area contributed by atoms with E-state index >= 15 is 0 Å². The first-order valence-corrected chi connectivity index (χ1v) is 7.64. The molecular formula is C17H19ClN2O. The van der Waals surface area contributed by atoms with E-state index in [4.69, 9.17) is 16.3 Å².